The lowest BCUT2D eigenvalue weighted by molar-refractivity contribution is -0.0354. The molecule has 0 amide bonds. The van der Waals surface area contributed by atoms with E-state index in [1.165, 1.54) is 57.4 Å². The zero-order chi connectivity index (χ0) is 34.2. The highest BCUT2D eigenvalue weighted by Crippen LogP contribution is 2.50. The molecule has 3 saturated heterocycles. The van der Waals surface area contributed by atoms with Gasteiger partial charge in [0, 0.05) is 89.3 Å². The summed E-state index contributed by atoms with van der Waals surface area (Å²) in [5, 5.41) is 20.6. The molecule has 258 valence electrons. The molecule has 4 aromatic rings. The Balaban J connectivity index is 1.19. The summed E-state index contributed by atoms with van der Waals surface area (Å²) < 4.78 is 74.1. The van der Waals surface area contributed by atoms with Gasteiger partial charge in [0.05, 0.1) is 5.69 Å². The first-order chi connectivity index (χ1) is 23.4. The number of aliphatic hydroxyl groups is 1. The third kappa shape index (κ3) is 5.53. The van der Waals surface area contributed by atoms with Crippen LogP contribution in [-0.2, 0) is 15.8 Å². The number of aromatic nitrogens is 4. The second kappa shape index (κ2) is 12.2. The number of piperidine rings is 1. The van der Waals surface area contributed by atoms with Crippen LogP contribution >= 0.6 is 34.3 Å². The Hall–Kier alpha value is -3.19. The van der Waals surface area contributed by atoms with Crippen LogP contribution in [0.15, 0.2) is 64.3 Å². The Bertz CT molecular complexity index is 2040. The summed E-state index contributed by atoms with van der Waals surface area (Å²) in [5.74, 6) is -0.0803. The fourth-order valence-electron chi connectivity index (χ4n) is 7.70. The maximum absolute atomic E-state index is 14.5. The van der Waals surface area contributed by atoms with E-state index in [1.807, 2.05) is 4.90 Å². The maximum atomic E-state index is 14.5. The molecule has 0 saturated carbocycles. The van der Waals surface area contributed by atoms with Crippen molar-refractivity contribution in [1.29, 1.82) is 0 Å². The molecule has 7 heterocycles. The van der Waals surface area contributed by atoms with Crippen molar-refractivity contribution in [3.05, 3.63) is 91.4 Å². The van der Waals surface area contributed by atoms with Gasteiger partial charge in [0.15, 0.2) is 10.8 Å². The molecule has 1 N–H and O–H groups in total. The second-order valence-corrected chi connectivity index (χ2v) is 16.8. The van der Waals surface area contributed by atoms with Gasteiger partial charge in [-0.15, -0.1) is 22.7 Å². The number of amidine groups is 1. The molecule has 2 unspecified atom stereocenters. The summed E-state index contributed by atoms with van der Waals surface area (Å²) in [6.45, 7) is -2.68. The molecule has 11 nitrogen and oxygen atoms in total. The number of hydrogen-bond donors (Lipinski definition) is 1. The van der Waals surface area contributed by atoms with Crippen LogP contribution in [0.3, 0.4) is 0 Å². The molecule has 8 rings (SSSR count). The van der Waals surface area contributed by atoms with Crippen LogP contribution in [0, 0.1) is 5.82 Å². The molecule has 1 aromatic carbocycles. The molecule has 4 aliphatic rings. The largest absolute Gasteiger partial charge is 0.383 e. The molecule has 4 aliphatic heterocycles. The SMILES string of the molecule is CN([C@H]1CC2=C(c3ccn(C(F)F)n3)[C@H](c3ccc(F)cc3Cl)N=C(c3nccs3)N2C1)S(=O)(=O)N1C2CC[C@H]1CC(O)(c1nccs1)C2. The Kier molecular flexibility index (Phi) is 8.24. The predicted molar refractivity (Wildman–Crippen MR) is 179 cm³/mol. The van der Waals surface area contributed by atoms with Crippen LogP contribution in [0.5, 0.6) is 0 Å². The topological polar surface area (TPSA) is 120 Å². The number of thiazole rings is 2. The van der Waals surface area contributed by atoms with E-state index < -0.39 is 52.3 Å². The second-order valence-electron chi connectivity index (χ2n) is 12.7. The van der Waals surface area contributed by atoms with Crippen molar-refractivity contribution in [2.45, 2.75) is 68.4 Å². The first kappa shape index (κ1) is 33.0. The smallest absolute Gasteiger partial charge is 0.333 e. The zero-order valence-electron chi connectivity index (χ0n) is 25.9. The molecule has 0 spiro atoms. The van der Waals surface area contributed by atoms with Gasteiger partial charge in [-0.25, -0.2) is 19.0 Å². The Labute approximate surface area is 293 Å². The van der Waals surface area contributed by atoms with E-state index in [0.29, 0.717) is 50.2 Å². The maximum Gasteiger partial charge on any atom is 0.333 e. The summed E-state index contributed by atoms with van der Waals surface area (Å²) >= 11 is 9.29. The summed E-state index contributed by atoms with van der Waals surface area (Å²) in [5.41, 5.74) is 0.572. The van der Waals surface area contributed by atoms with E-state index in [4.69, 9.17) is 16.6 Å². The van der Waals surface area contributed by atoms with Crippen molar-refractivity contribution in [2.24, 2.45) is 4.99 Å². The van der Waals surface area contributed by atoms with Crippen LogP contribution in [0.2, 0.25) is 5.02 Å². The lowest BCUT2D eigenvalue weighted by Crippen LogP contribution is -2.57. The first-order valence-electron chi connectivity index (χ1n) is 15.6. The summed E-state index contributed by atoms with van der Waals surface area (Å²) in [4.78, 5) is 15.7. The number of likely N-dealkylation sites (N-methyl/N-ethyl adjacent to an activating group) is 1. The summed E-state index contributed by atoms with van der Waals surface area (Å²) in [6.07, 6.45) is 6.42. The van der Waals surface area contributed by atoms with Crippen LogP contribution in [-0.4, -0.2) is 84.3 Å². The Morgan fingerprint density at radius 2 is 1.84 bits per heavy atom. The number of benzene rings is 1. The minimum Gasteiger partial charge on any atom is -0.383 e. The minimum absolute atomic E-state index is 0.0969. The molecule has 0 aliphatic carbocycles. The van der Waals surface area contributed by atoms with Crippen LogP contribution in [0.4, 0.5) is 13.2 Å². The van der Waals surface area contributed by atoms with Gasteiger partial charge < -0.3 is 10.0 Å². The van der Waals surface area contributed by atoms with E-state index in [-0.39, 0.29) is 36.5 Å². The highest BCUT2D eigenvalue weighted by molar-refractivity contribution is 7.86. The number of aliphatic imine (C=N–C) groups is 1. The van der Waals surface area contributed by atoms with Gasteiger partial charge in [0.1, 0.15) is 22.5 Å². The molecule has 49 heavy (non-hydrogen) atoms. The third-order valence-electron chi connectivity index (χ3n) is 9.88. The van der Waals surface area contributed by atoms with Gasteiger partial charge in [-0.3, -0.25) is 4.99 Å². The number of alkyl halides is 2. The van der Waals surface area contributed by atoms with Crippen molar-refractivity contribution in [1.82, 2.24) is 33.3 Å². The average molecular weight is 751 g/mol. The van der Waals surface area contributed by atoms with E-state index in [9.17, 15) is 26.7 Å². The third-order valence-corrected chi connectivity index (χ3v) is 14.1. The molecular formula is C31H30ClF3N8O3S3. The number of fused-ring (bicyclic) bond motifs is 3. The fraction of sp³-hybridized carbons (Fsp3) is 0.419. The van der Waals surface area contributed by atoms with E-state index in [1.54, 1.807) is 34.5 Å². The first-order valence-corrected chi connectivity index (χ1v) is 19.1. The van der Waals surface area contributed by atoms with Crippen molar-refractivity contribution in [3.63, 3.8) is 0 Å². The van der Waals surface area contributed by atoms with Crippen LogP contribution in [0.25, 0.3) is 5.57 Å². The number of hydrogen-bond acceptors (Lipinski definition) is 10. The molecule has 18 heteroatoms. The van der Waals surface area contributed by atoms with Gasteiger partial charge in [-0.1, -0.05) is 17.7 Å². The molecule has 3 aromatic heterocycles. The van der Waals surface area contributed by atoms with Gasteiger partial charge >= 0.3 is 6.55 Å². The molecule has 3 fully saturated rings. The van der Waals surface area contributed by atoms with E-state index >= 15 is 0 Å². The highest BCUT2D eigenvalue weighted by Gasteiger charge is 2.55. The fourth-order valence-corrected chi connectivity index (χ4v) is 11.3. The molecular weight excluding hydrogens is 721 g/mol. The molecule has 2 bridgehead atoms. The predicted octanol–water partition coefficient (Wildman–Crippen LogP) is 5.66. The van der Waals surface area contributed by atoms with Gasteiger partial charge in [-0.2, -0.15) is 30.9 Å². The number of nitrogens with zero attached hydrogens (tertiary/aromatic N) is 8. The highest BCUT2D eigenvalue weighted by atomic mass is 35.5. The van der Waals surface area contributed by atoms with Gasteiger partial charge in [0.2, 0.25) is 0 Å². The standard InChI is InChI=1S/C31H30ClF3N8O3S3/c1-40(49(45,46)43-18-3-4-19(43)15-31(44,14-18)29-37-8-11-48-29)20-13-24-25(23-6-9-42(39-23)30(34)35)26(21-5-2-17(33)12-22(21)32)38-27(41(24)16-20)28-36-7-10-47-28/h2,5-12,18-20,26,30,44H,3-4,13-16H2,1H3/t18-,19?,20-,26-,31?/m0/s1. The van der Waals surface area contributed by atoms with Gasteiger partial charge in [0.25, 0.3) is 10.2 Å². The number of halogens is 4. The van der Waals surface area contributed by atoms with E-state index in [2.05, 4.69) is 15.1 Å². The zero-order valence-corrected chi connectivity index (χ0v) is 29.1. The normalized spacial score (nSPS) is 27.4. The Morgan fingerprint density at radius 3 is 2.47 bits per heavy atom. The van der Waals surface area contributed by atoms with Crippen molar-refractivity contribution < 1.29 is 26.7 Å². The van der Waals surface area contributed by atoms with Gasteiger partial charge in [-0.05, 0) is 43.9 Å². The van der Waals surface area contributed by atoms with Crippen molar-refractivity contribution >= 4 is 55.9 Å². The summed E-state index contributed by atoms with van der Waals surface area (Å²) in [6, 6.07) is 3.15. The molecule has 5 atom stereocenters. The van der Waals surface area contributed by atoms with E-state index in [0.717, 1.165) is 0 Å². The average Bonchev–Trinajstić information content (AvgIpc) is 3.90. The van der Waals surface area contributed by atoms with Crippen molar-refractivity contribution in [3.8, 4) is 0 Å². The lowest BCUT2D eigenvalue weighted by Gasteiger charge is -2.43. The van der Waals surface area contributed by atoms with Crippen LogP contribution in [0.1, 0.15) is 66.0 Å². The quantitative estimate of drug-likeness (QED) is 0.247. The number of rotatable bonds is 8. The minimum atomic E-state index is -4.03. The molecule has 0 radical (unpaired) electrons. The van der Waals surface area contributed by atoms with Crippen LogP contribution < -0.4 is 0 Å². The summed E-state index contributed by atoms with van der Waals surface area (Å²) in [7, 11) is -2.47. The van der Waals surface area contributed by atoms with Crippen molar-refractivity contribution in [2.75, 3.05) is 13.6 Å². The monoisotopic (exact) mass is 750 g/mol. The lowest BCUT2D eigenvalue weighted by atomic mass is 9.88. The Morgan fingerprint density at radius 1 is 1.10 bits per heavy atom.